The minimum absolute atomic E-state index is 0. The van der Waals surface area contributed by atoms with Gasteiger partial charge in [-0.15, -0.1) is 0 Å². The summed E-state index contributed by atoms with van der Waals surface area (Å²) in [5.74, 6) is -1.08. The summed E-state index contributed by atoms with van der Waals surface area (Å²) < 4.78 is 64.5. The molecule has 1 aromatic carbocycles. The molecule has 0 N–H and O–H groups in total. The Morgan fingerprint density at radius 1 is 1.05 bits per heavy atom. The van der Waals surface area contributed by atoms with E-state index >= 15 is 0 Å². The zero-order chi connectivity index (χ0) is 13.2. The number of rotatable bonds is 3. The van der Waals surface area contributed by atoms with Gasteiger partial charge in [-0.1, -0.05) is 24.6 Å². The van der Waals surface area contributed by atoms with Crippen LogP contribution in [0.15, 0.2) is 18.2 Å². The van der Waals surface area contributed by atoms with E-state index in [4.69, 9.17) is 0 Å². The maximum absolute atomic E-state index is 13.4. The Morgan fingerprint density at radius 2 is 1.63 bits per heavy atom. The van der Waals surface area contributed by atoms with Crippen molar-refractivity contribution in [2.45, 2.75) is 31.0 Å². The van der Waals surface area contributed by atoms with Crippen molar-refractivity contribution in [2.24, 2.45) is 5.41 Å². The van der Waals surface area contributed by atoms with Crippen LogP contribution in [-0.4, -0.2) is 6.98 Å². The van der Waals surface area contributed by atoms with Gasteiger partial charge in [-0.2, -0.15) is 0 Å². The van der Waals surface area contributed by atoms with Crippen molar-refractivity contribution in [3.63, 3.8) is 0 Å². The van der Waals surface area contributed by atoms with E-state index in [1.165, 1.54) is 0 Å². The van der Waals surface area contributed by atoms with E-state index in [9.17, 15) is 21.7 Å². The molecule has 98 valence electrons. The Balaban J connectivity index is 0.00000133. The van der Waals surface area contributed by atoms with Crippen LogP contribution in [0.1, 0.15) is 24.8 Å². The molecule has 1 aromatic rings. The minimum atomic E-state index is -4.80. The number of hydrogen-bond donors (Lipinski definition) is 0. The van der Waals surface area contributed by atoms with E-state index in [1.54, 1.807) is 0 Å². The fourth-order valence-electron chi connectivity index (χ4n) is 3.70. The first kappa shape index (κ1) is 16.0. The Labute approximate surface area is 150 Å². The Hall–Kier alpha value is 0.571. The molecule has 19 heavy (non-hydrogen) atoms. The molecular formula is C12H11BF5K. The molecule has 0 amide bonds. The summed E-state index contributed by atoms with van der Waals surface area (Å²) in [6.45, 7) is -4.80. The van der Waals surface area contributed by atoms with E-state index in [0.717, 1.165) is 18.2 Å². The molecule has 0 radical (unpaired) electrons. The average Bonchev–Trinajstić information content (AvgIpc) is 2.12. The molecule has 4 rings (SSSR count). The van der Waals surface area contributed by atoms with Crippen LogP contribution in [0.5, 0.6) is 0 Å². The third-order valence-electron chi connectivity index (χ3n) is 4.45. The normalized spacial score (nSPS) is 32.1. The van der Waals surface area contributed by atoms with Gasteiger partial charge in [0.15, 0.2) is 0 Å². The van der Waals surface area contributed by atoms with Crippen LogP contribution in [-0.2, 0) is 6.42 Å². The molecular weight excluding hydrogens is 289 g/mol. The predicted octanol–water partition coefficient (Wildman–Crippen LogP) is 1.28. The smallest absolute Gasteiger partial charge is 0.449 e. The standard InChI is InChI=1S/C12H11BF5.K/c14-9-1-2-10(15)8(3-9)4-11-5-12(6-11,7-11)13(16,17)18;/h1-3H,4-7H2;/q-1;+1. The maximum atomic E-state index is 13.4. The topological polar surface area (TPSA) is 0 Å². The molecule has 0 spiro atoms. The second-order valence-electron chi connectivity index (χ2n) is 5.88. The monoisotopic (exact) mass is 300 g/mol. The predicted molar refractivity (Wildman–Crippen MR) is 58.1 cm³/mol. The summed E-state index contributed by atoms with van der Waals surface area (Å²) in [4.78, 5) is 0. The molecule has 0 atom stereocenters. The van der Waals surface area contributed by atoms with E-state index in [-0.39, 0.29) is 82.6 Å². The zero-order valence-electron chi connectivity index (χ0n) is 10.5. The summed E-state index contributed by atoms with van der Waals surface area (Å²) in [6, 6.07) is 3.13. The van der Waals surface area contributed by atoms with Crippen molar-refractivity contribution in [1.29, 1.82) is 0 Å². The van der Waals surface area contributed by atoms with Crippen LogP contribution in [0, 0.1) is 17.0 Å². The van der Waals surface area contributed by atoms with E-state index in [1.807, 2.05) is 0 Å². The van der Waals surface area contributed by atoms with Crippen molar-refractivity contribution in [3.05, 3.63) is 35.4 Å². The fourth-order valence-corrected chi connectivity index (χ4v) is 3.70. The van der Waals surface area contributed by atoms with Gasteiger partial charge < -0.3 is 12.9 Å². The van der Waals surface area contributed by atoms with Crippen LogP contribution in [0.2, 0.25) is 5.31 Å². The third-order valence-corrected chi connectivity index (χ3v) is 4.45. The first-order valence-corrected chi connectivity index (χ1v) is 5.89. The number of benzene rings is 1. The second-order valence-corrected chi connectivity index (χ2v) is 5.88. The second kappa shape index (κ2) is 4.80. The SMILES string of the molecule is Fc1ccc(F)c(CC23CC([B-](F)(F)F)(C2)C3)c1.[K+]. The fraction of sp³-hybridized carbons (Fsp3) is 0.500. The van der Waals surface area contributed by atoms with Gasteiger partial charge in [0.1, 0.15) is 11.6 Å². The first-order valence-electron chi connectivity index (χ1n) is 5.89. The van der Waals surface area contributed by atoms with E-state index < -0.39 is 29.3 Å². The largest absolute Gasteiger partial charge is 1.00 e. The molecule has 3 aliphatic rings. The first-order chi connectivity index (χ1) is 8.25. The summed E-state index contributed by atoms with van der Waals surface area (Å²) >= 11 is 0. The van der Waals surface area contributed by atoms with Crippen LogP contribution in [0.3, 0.4) is 0 Å². The van der Waals surface area contributed by atoms with Gasteiger partial charge >= 0.3 is 58.4 Å². The van der Waals surface area contributed by atoms with Gasteiger partial charge in [0.2, 0.25) is 0 Å². The van der Waals surface area contributed by atoms with Gasteiger partial charge in [-0.05, 0) is 35.6 Å². The molecule has 0 aromatic heterocycles. The van der Waals surface area contributed by atoms with Crippen LogP contribution in [0.4, 0.5) is 21.7 Å². The average molecular weight is 300 g/mol. The zero-order valence-corrected chi connectivity index (χ0v) is 13.7. The van der Waals surface area contributed by atoms with Crippen molar-refractivity contribution in [2.75, 3.05) is 0 Å². The summed E-state index contributed by atoms with van der Waals surface area (Å²) in [5.41, 5.74) is -0.246. The molecule has 0 saturated heterocycles. The third kappa shape index (κ3) is 2.46. The van der Waals surface area contributed by atoms with Crippen LogP contribution in [0.25, 0.3) is 0 Å². The van der Waals surface area contributed by atoms with Crippen LogP contribution < -0.4 is 51.4 Å². The molecule has 2 bridgehead atoms. The number of hydrogen-bond acceptors (Lipinski definition) is 0. The van der Waals surface area contributed by atoms with Gasteiger partial charge in [0.05, 0.1) is 0 Å². The molecule has 7 heteroatoms. The number of halogens is 5. The molecule has 0 heterocycles. The minimum Gasteiger partial charge on any atom is -0.449 e. The Kier molecular flexibility index (Phi) is 4.03. The summed E-state index contributed by atoms with van der Waals surface area (Å²) in [7, 11) is 0. The molecule has 0 unspecified atom stereocenters. The molecule has 0 nitrogen and oxygen atoms in total. The van der Waals surface area contributed by atoms with Crippen molar-refractivity contribution in [1.82, 2.24) is 0 Å². The molecule has 3 saturated carbocycles. The van der Waals surface area contributed by atoms with Crippen molar-refractivity contribution < 1.29 is 73.1 Å². The Morgan fingerprint density at radius 3 is 2.16 bits per heavy atom. The maximum Gasteiger partial charge on any atom is 1.00 e. The Bertz CT molecular complexity index is 494. The van der Waals surface area contributed by atoms with Gasteiger partial charge in [-0.3, -0.25) is 0 Å². The summed E-state index contributed by atoms with van der Waals surface area (Å²) in [5, 5.41) is -1.47. The quantitative estimate of drug-likeness (QED) is 0.583. The van der Waals surface area contributed by atoms with E-state index in [0.29, 0.717) is 0 Å². The van der Waals surface area contributed by atoms with E-state index in [2.05, 4.69) is 0 Å². The van der Waals surface area contributed by atoms with Gasteiger partial charge in [-0.25, -0.2) is 8.78 Å². The molecule has 3 aliphatic carbocycles. The van der Waals surface area contributed by atoms with Crippen LogP contribution >= 0.6 is 0 Å². The van der Waals surface area contributed by atoms with Crippen molar-refractivity contribution in [3.8, 4) is 0 Å². The molecule has 3 fully saturated rings. The van der Waals surface area contributed by atoms with Gasteiger partial charge in [0, 0.05) is 0 Å². The van der Waals surface area contributed by atoms with Gasteiger partial charge in [0.25, 0.3) is 0 Å². The molecule has 0 aliphatic heterocycles. The van der Waals surface area contributed by atoms with Crippen molar-refractivity contribution >= 4 is 6.98 Å². The summed E-state index contributed by atoms with van der Waals surface area (Å²) in [6.07, 6.45) is 0.461.